The number of hydrogen-bond acceptors (Lipinski definition) is 3. The molecule has 3 rings (SSSR count). The summed E-state index contributed by atoms with van der Waals surface area (Å²) in [6.07, 6.45) is 3.13. The lowest BCUT2D eigenvalue weighted by atomic mass is 9.89. The van der Waals surface area contributed by atoms with Crippen LogP contribution in [0.5, 0.6) is 0 Å². The van der Waals surface area contributed by atoms with Crippen molar-refractivity contribution in [1.82, 2.24) is 15.1 Å². The molecule has 0 radical (unpaired) electrons. The summed E-state index contributed by atoms with van der Waals surface area (Å²) >= 11 is 0. The van der Waals surface area contributed by atoms with E-state index in [1.54, 1.807) is 0 Å². The van der Waals surface area contributed by atoms with Gasteiger partial charge in [0.1, 0.15) is 11.4 Å². The number of aromatic nitrogens is 2. The zero-order chi connectivity index (χ0) is 18.0. The number of carbonyl (C=O) groups is 1. The zero-order valence-electron chi connectivity index (χ0n) is 14.4. The number of halogens is 3. The van der Waals surface area contributed by atoms with Crippen LogP contribution in [0.4, 0.5) is 19.0 Å². The van der Waals surface area contributed by atoms with Gasteiger partial charge < -0.3 is 10.6 Å². The van der Waals surface area contributed by atoms with Gasteiger partial charge in [-0.15, -0.1) is 0 Å². The summed E-state index contributed by atoms with van der Waals surface area (Å²) in [6, 6.07) is -2.01. The zero-order valence-corrected chi connectivity index (χ0v) is 14.4. The highest BCUT2D eigenvalue weighted by Gasteiger charge is 2.46. The molecule has 2 atom stereocenters. The first-order valence-electron chi connectivity index (χ1n) is 9.09. The van der Waals surface area contributed by atoms with Gasteiger partial charge in [-0.3, -0.25) is 4.79 Å². The molecule has 2 aliphatic rings. The van der Waals surface area contributed by atoms with Crippen LogP contribution in [0.15, 0.2) is 6.20 Å². The third-order valence-corrected chi connectivity index (χ3v) is 5.33. The quantitative estimate of drug-likeness (QED) is 0.858. The maximum Gasteiger partial charge on any atom is 0.410 e. The summed E-state index contributed by atoms with van der Waals surface area (Å²) in [7, 11) is 0. The monoisotopic (exact) mass is 358 g/mol. The molecular formula is C17H25F3N4O. The Kier molecular flexibility index (Phi) is 5.24. The van der Waals surface area contributed by atoms with Crippen molar-refractivity contribution in [2.75, 3.05) is 11.9 Å². The third-order valence-electron chi connectivity index (χ3n) is 5.33. The van der Waals surface area contributed by atoms with E-state index < -0.39 is 12.2 Å². The van der Waals surface area contributed by atoms with Crippen molar-refractivity contribution in [2.24, 2.45) is 5.92 Å². The van der Waals surface area contributed by atoms with E-state index in [0.717, 1.165) is 17.5 Å². The minimum Gasteiger partial charge on any atom is -0.367 e. The van der Waals surface area contributed by atoms with Gasteiger partial charge in [-0.1, -0.05) is 26.2 Å². The molecule has 1 amide bonds. The van der Waals surface area contributed by atoms with E-state index in [0.29, 0.717) is 18.9 Å². The Morgan fingerprint density at radius 1 is 1.36 bits per heavy atom. The smallest absolute Gasteiger partial charge is 0.367 e. The lowest BCUT2D eigenvalue weighted by molar-refractivity contribution is -0.173. The molecule has 1 aromatic rings. The average Bonchev–Trinajstić information content (AvgIpc) is 3.02. The number of carbonyl (C=O) groups excluding carboxylic acids is 1. The Hall–Kier alpha value is -1.73. The Morgan fingerprint density at radius 2 is 2.08 bits per heavy atom. The Balaban J connectivity index is 1.75. The van der Waals surface area contributed by atoms with Crippen molar-refractivity contribution in [1.29, 1.82) is 0 Å². The van der Waals surface area contributed by atoms with Crippen LogP contribution in [0.25, 0.3) is 0 Å². The van der Waals surface area contributed by atoms with Crippen molar-refractivity contribution >= 4 is 11.7 Å². The van der Waals surface area contributed by atoms with Crippen LogP contribution in [0.3, 0.4) is 0 Å². The van der Waals surface area contributed by atoms with Crippen molar-refractivity contribution in [2.45, 2.75) is 70.1 Å². The molecule has 8 heteroatoms. The molecule has 5 nitrogen and oxygen atoms in total. The molecule has 1 aliphatic carbocycles. The molecule has 0 spiro atoms. The molecule has 0 aromatic carbocycles. The van der Waals surface area contributed by atoms with E-state index in [4.69, 9.17) is 0 Å². The maximum atomic E-state index is 13.3. The summed E-state index contributed by atoms with van der Waals surface area (Å²) in [4.78, 5) is 12.5. The van der Waals surface area contributed by atoms with Crippen LogP contribution in [-0.4, -0.2) is 34.5 Å². The van der Waals surface area contributed by atoms with Crippen LogP contribution in [0, 0.1) is 5.92 Å². The molecule has 2 heterocycles. The summed E-state index contributed by atoms with van der Waals surface area (Å²) < 4.78 is 40.9. The van der Waals surface area contributed by atoms with Crippen molar-refractivity contribution < 1.29 is 18.0 Å². The first kappa shape index (κ1) is 18.1. The maximum absolute atomic E-state index is 13.3. The largest absolute Gasteiger partial charge is 0.410 e. The van der Waals surface area contributed by atoms with Crippen LogP contribution in [0.1, 0.15) is 68.3 Å². The first-order chi connectivity index (χ1) is 11.9. The van der Waals surface area contributed by atoms with Crippen LogP contribution >= 0.6 is 0 Å². The minimum absolute atomic E-state index is 0.0716. The highest BCUT2D eigenvalue weighted by atomic mass is 19.4. The van der Waals surface area contributed by atoms with E-state index in [2.05, 4.69) is 15.7 Å². The lowest BCUT2D eigenvalue weighted by Crippen LogP contribution is -2.40. The molecular weight excluding hydrogens is 333 g/mol. The summed E-state index contributed by atoms with van der Waals surface area (Å²) in [5, 5.41) is 9.80. The molecule has 1 saturated carbocycles. The third kappa shape index (κ3) is 3.93. The van der Waals surface area contributed by atoms with E-state index in [1.165, 1.54) is 25.5 Å². The first-order valence-corrected chi connectivity index (χ1v) is 9.09. The van der Waals surface area contributed by atoms with Crippen molar-refractivity contribution in [3.8, 4) is 0 Å². The predicted molar refractivity (Wildman–Crippen MR) is 88.5 cm³/mol. The van der Waals surface area contributed by atoms with E-state index in [9.17, 15) is 18.0 Å². The summed E-state index contributed by atoms with van der Waals surface area (Å²) in [5.41, 5.74) is 0.197. The van der Waals surface area contributed by atoms with E-state index in [1.807, 2.05) is 6.92 Å². The fraction of sp³-hybridized carbons (Fsp3) is 0.765. The van der Waals surface area contributed by atoms with E-state index in [-0.39, 0.29) is 29.8 Å². The molecule has 2 N–H and O–H groups in total. The number of hydrogen-bond donors (Lipinski definition) is 2. The van der Waals surface area contributed by atoms with Gasteiger partial charge in [0.25, 0.3) is 5.91 Å². The number of nitrogens with zero attached hydrogens (tertiary/aromatic N) is 2. The SMILES string of the molecule is CCC1CC(C(F)(F)F)n2ncc(C(=O)NCC3CCCCC3)c2N1. The van der Waals surface area contributed by atoms with Crippen LogP contribution in [-0.2, 0) is 0 Å². The molecule has 25 heavy (non-hydrogen) atoms. The van der Waals surface area contributed by atoms with Gasteiger partial charge in [0.05, 0.1) is 6.20 Å². The molecule has 140 valence electrons. The second kappa shape index (κ2) is 7.25. The van der Waals surface area contributed by atoms with Crippen molar-refractivity contribution in [3.05, 3.63) is 11.8 Å². The van der Waals surface area contributed by atoms with Gasteiger partial charge in [-0.25, -0.2) is 4.68 Å². The second-order valence-corrected chi connectivity index (χ2v) is 7.11. The molecule has 0 saturated heterocycles. The number of fused-ring (bicyclic) bond motifs is 1. The van der Waals surface area contributed by atoms with Gasteiger partial charge in [-0.05, 0) is 31.6 Å². The van der Waals surface area contributed by atoms with Gasteiger partial charge in [-0.2, -0.15) is 18.3 Å². The fourth-order valence-electron chi connectivity index (χ4n) is 3.79. The second-order valence-electron chi connectivity index (χ2n) is 7.11. The number of nitrogens with one attached hydrogen (secondary N) is 2. The minimum atomic E-state index is -4.38. The lowest BCUT2D eigenvalue weighted by Gasteiger charge is -2.33. The summed E-state index contributed by atoms with van der Waals surface area (Å²) in [6.45, 7) is 2.41. The Bertz CT molecular complexity index is 608. The molecule has 1 fully saturated rings. The topological polar surface area (TPSA) is 59.0 Å². The Labute approximate surface area is 145 Å². The fourth-order valence-corrected chi connectivity index (χ4v) is 3.79. The standard InChI is InChI=1S/C17H25F3N4O/c1-2-12-8-14(17(18,19)20)24-15(23-12)13(10-22-24)16(25)21-9-11-6-4-3-5-7-11/h10-12,14,23H,2-9H2,1H3,(H,21,25). The number of anilines is 1. The van der Waals surface area contributed by atoms with Gasteiger partial charge in [0.15, 0.2) is 6.04 Å². The molecule has 2 unspecified atom stereocenters. The number of rotatable bonds is 4. The number of amides is 1. The van der Waals surface area contributed by atoms with E-state index >= 15 is 0 Å². The predicted octanol–water partition coefficient (Wildman–Crippen LogP) is 3.89. The van der Waals surface area contributed by atoms with Gasteiger partial charge >= 0.3 is 6.18 Å². The molecule has 1 aliphatic heterocycles. The highest BCUT2D eigenvalue weighted by Crippen LogP contribution is 2.40. The normalized spacial score (nSPS) is 24.5. The van der Waals surface area contributed by atoms with Crippen LogP contribution in [0.2, 0.25) is 0 Å². The molecule has 1 aromatic heterocycles. The van der Waals surface area contributed by atoms with Gasteiger partial charge in [0.2, 0.25) is 0 Å². The highest BCUT2D eigenvalue weighted by molar-refractivity contribution is 5.98. The van der Waals surface area contributed by atoms with Crippen LogP contribution < -0.4 is 10.6 Å². The van der Waals surface area contributed by atoms with Crippen molar-refractivity contribution in [3.63, 3.8) is 0 Å². The Morgan fingerprint density at radius 3 is 2.72 bits per heavy atom. The van der Waals surface area contributed by atoms with Gasteiger partial charge in [0, 0.05) is 12.6 Å². The number of alkyl halides is 3. The average molecular weight is 358 g/mol. The summed E-state index contributed by atoms with van der Waals surface area (Å²) in [5.74, 6) is 0.293. The molecule has 0 bridgehead atoms.